The van der Waals surface area contributed by atoms with E-state index < -0.39 is 23.5 Å². The van der Waals surface area contributed by atoms with Gasteiger partial charge in [0, 0.05) is 23.5 Å². The lowest BCUT2D eigenvalue weighted by atomic mass is 9.95. The molecule has 1 aliphatic heterocycles. The molecular weight excluding hydrogens is 418 g/mol. The van der Waals surface area contributed by atoms with Gasteiger partial charge < -0.3 is 20.7 Å². The first kappa shape index (κ1) is 21.1. The number of nitro groups is 1. The highest BCUT2D eigenvalue weighted by molar-refractivity contribution is 7.80. The number of carbonyl (C=O) groups is 1. The van der Waals surface area contributed by atoms with Gasteiger partial charge in [-0.15, -0.1) is 0 Å². The summed E-state index contributed by atoms with van der Waals surface area (Å²) >= 11 is 5.17. The highest BCUT2D eigenvalue weighted by Gasteiger charge is 2.30. The van der Waals surface area contributed by atoms with Crippen molar-refractivity contribution >= 4 is 34.6 Å². The SMILES string of the molecule is CC1=C(C(=O)Nc2ccc([N+](=O)[O-])cc2)C(c2ccc(OC(F)F)cc2)NC(=S)N1. The van der Waals surface area contributed by atoms with E-state index in [1.165, 1.54) is 36.4 Å². The molecule has 8 nitrogen and oxygen atoms in total. The minimum Gasteiger partial charge on any atom is -0.435 e. The zero-order valence-corrected chi connectivity index (χ0v) is 16.3. The number of rotatable bonds is 6. The van der Waals surface area contributed by atoms with Gasteiger partial charge in [-0.05, 0) is 49.0 Å². The quantitative estimate of drug-likeness (QED) is 0.362. The van der Waals surface area contributed by atoms with Crippen LogP contribution >= 0.6 is 12.2 Å². The highest BCUT2D eigenvalue weighted by Crippen LogP contribution is 2.29. The average Bonchev–Trinajstić information content (AvgIpc) is 2.67. The molecule has 0 bridgehead atoms. The van der Waals surface area contributed by atoms with Gasteiger partial charge in [-0.2, -0.15) is 8.78 Å². The summed E-state index contributed by atoms with van der Waals surface area (Å²) in [6, 6.07) is 10.6. The van der Waals surface area contributed by atoms with Crippen molar-refractivity contribution in [2.24, 2.45) is 0 Å². The maximum Gasteiger partial charge on any atom is 0.387 e. The number of anilines is 1. The molecule has 1 unspecified atom stereocenters. The summed E-state index contributed by atoms with van der Waals surface area (Å²) in [5.41, 5.74) is 1.71. The number of hydrogen-bond acceptors (Lipinski definition) is 5. The Labute approximate surface area is 175 Å². The zero-order chi connectivity index (χ0) is 21.8. The standard InChI is InChI=1S/C19H16F2N4O4S/c1-10-15(17(26)23-12-4-6-13(7-5-12)25(27)28)16(24-19(30)22-10)11-2-8-14(9-3-11)29-18(20)21/h2-9,16,18H,1H3,(H,23,26)(H2,22,24,30). The monoisotopic (exact) mass is 434 g/mol. The van der Waals surface area contributed by atoms with Crippen LogP contribution in [0.3, 0.4) is 0 Å². The van der Waals surface area contributed by atoms with Gasteiger partial charge in [0.15, 0.2) is 5.11 Å². The van der Waals surface area contributed by atoms with Crippen LogP contribution in [-0.2, 0) is 4.79 Å². The lowest BCUT2D eigenvalue weighted by molar-refractivity contribution is -0.384. The number of carbonyl (C=O) groups excluding carboxylic acids is 1. The van der Waals surface area contributed by atoms with Gasteiger partial charge in [0.05, 0.1) is 16.5 Å². The fourth-order valence-electron chi connectivity index (χ4n) is 2.95. The summed E-state index contributed by atoms with van der Waals surface area (Å²) in [7, 11) is 0. The van der Waals surface area contributed by atoms with E-state index in [0.29, 0.717) is 27.6 Å². The lowest BCUT2D eigenvalue weighted by Crippen LogP contribution is -2.45. The third-order valence-corrected chi connectivity index (χ3v) is 4.51. The molecule has 1 heterocycles. The summed E-state index contributed by atoms with van der Waals surface area (Å²) in [5, 5.41) is 19.6. The third kappa shape index (κ3) is 4.87. The number of halogens is 2. The van der Waals surface area contributed by atoms with Crippen LogP contribution in [-0.4, -0.2) is 22.6 Å². The Bertz CT molecular complexity index is 1010. The van der Waals surface area contributed by atoms with Gasteiger partial charge in [0.2, 0.25) is 0 Å². The Kier molecular flexibility index (Phi) is 6.21. The number of hydrogen-bond donors (Lipinski definition) is 3. The molecule has 2 aromatic rings. The van der Waals surface area contributed by atoms with E-state index in [1.54, 1.807) is 19.1 Å². The second-order valence-corrected chi connectivity index (χ2v) is 6.68. The number of alkyl halides is 2. The summed E-state index contributed by atoms with van der Waals surface area (Å²) in [5.74, 6) is -0.468. The van der Waals surface area contributed by atoms with Gasteiger partial charge >= 0.3 is 6.61 Å². The van der Waals surface area contributed by atoms with Gasteiger partial charge in [-0.3, -0.25) is 14.9 Å². The number of non-ortho nitro benzene ring substituents is 1. The fraction of sp³-hybridized carbons (Fsp3) is 0.158. The topological polar surface area (TPSA) is 106 Å². The van der Waals surface area contributed by atoms with Gasteiger partial charge in [0.1, 0.15) is 5.75 Å². The third-order valence-electron chi connectivity index (χ3n) is 4.29. The van der Waals surface area contributed by atoms with Gasteiger partial charge in [-0.25, -0.2) is 0 Å². The number of nitro benzene ring substituents is 1. The van der Waals surface area contributed by atoms with Crippen LogP contribution in [0.1, 0.15) is 18.5 Å². The van der Waals surface area contributed by atoms with Crippen LogP contribution in [0.25, 0.3) is 0 Å². The van der Waals surface area contributed by atoms with Crippen molar-refractivity contribution in [1.82, 2.24) is 10.6 Å². The maximum absolute atomic E-state index is 12.9. The van der Waals surface area contributed by atoms with Crippen molar-refractivity contribution in [3.8, 4) is 5.75 Å². The summed E-state index contributed by atoms with van der Waals surface area (Å²) in [4.78, 5) is 23.2. The molecule has 2 aromatic carbocycles. The van der Waals surface area contributed by atoms with E-state index in [4.69, 9.17) is 12.2 Å². The summed E-state index contributed by atoms with van der Waals surface area (Å²) < 4.78 is 29.1. The number of ether oxygens (including phenoxy) is 1. The Balaban J connectivity index is 1.85. The molecule has 3 rings (SSSR count). The number of nitrogens with one attached hydrogen (secondary N) is 3. The highest BCUT2D eigenvalue weighted by atomic mass is 32.1. The summed E-state index contributed by atoms with van der Waals surface area (Å²) in [6.45, 7) is -1.26. The predicted octanol–water partition coefficient (Wildman–Crippen LogP) is 3.63. The first-order valence-electron chi connectivity index (χ1n) is 8.63. The molecule has 0 spiro atoms. The van der Waals surface area contributed by atoms with Gasteiger partial charge in [0.25, 0.3) is 11.6 Å². The Morgan fingerprint density at radius 2 is 1.83 bits per heavy atom. The molecule has 0 aliphatic carbocycles. The molecule has 0 saturated heterocycles. The normalized spacial score (nSPS) is 16.0. The minimum atomic E-state index is -2.94. The minimum absolute atomic E-state index is 0.0113. The molecule has 0 fully saturated rings. The molecule has 0 radical (unpaired) electrons. The van der Waals surface area contributed by atoms with Crippen LogP contribution in [0.5, 0.6) is 5.75 Å². The van der Waals surface area contributed by atoms with Crippen LogP contribution in [0.15, 0.2) is 59.8 Å². The number of allylic oxidation sites excluding steroid dienone is 1. The first-order chi connectivity index (χ1) is 14.2. The second-order valence-electron chi connectivity index (χ2n) is 6.28. The van der Waals surface area contributed by atoms with E-state index in [-0.39, 0.29) is 11.4 Å². The molecule has 11 heteroatoms. The van der Waals surface area contributed by atoms with E-state index in [9.17, 15) is 23.7 Å². The molecule has 1 atom stereocenters. The predicted molar refractivity (Wildman–Crippen MR) is 109 cm³/mol. The van der Waals surface area contributed by atoms with Gasteiger partial charge in [-0.1, -0.05) is 12.1 Å². The summed E-state index contributed by atoms with van der Waals surface area (Å²) in [6.07, 6.45) is 0. The van der Waals surface area contributed by atoms with Crippen molar-refractivity contribution in [3.05, 3.63) is 75.5 Å². The van der Waals surface area contributed by atoms with Crippen molar-refractivity contribution in [2.45, 2.75) is 19.6 Å². The van der Waals surface area contributed by atoms with Crippen LogP contribution < -0.4 is 20.7 Å². The molecule has 3 N–H and O–H groups in total. The van der Waals surface area contributed by atoms with Crippen LogP contribution in [0.4, 0.5) is 20.2 Å². The lowest BCUT2D eigenvalue weighted by Gasteiger charge is -2.30. The number of thiocarbonyl (C=S) groups is 1. The van der Waals surface area contributed by atoms with Crippen molar-refractivity contribution in [1.29, 1.82) is 0 Å². The number of benzene rings is 2. The molecule has 0 aromatic heterocycles. The number of nitrogens with zero attached hydrogens (tertiary/aromatic N) is 1. The molecule has 30 heavy (non-hydrogen) atoms. The van der Waals surface area contributed by atoms with E-state index >= 15 is 0 Å². The zero-order valence-electron chi connectivity index (χ0n) is 15.5. The Morgan fingerprint density at radius 1 is 1.20 bits per heavy atom. The number of amides is 1. The second kappa shape index (κ2) is 8.82. The van der Waals surface area contributed by atoms with E-state index in [1.807, 2.05) is 0 Å². The maximum atomic E-state index is 12.9. The van der Waals surface area contributed by atoms with E-state index in [2.05, 4.69) is 20.7 Å². The van der Waals surface area contributed by atoms with Crippen molar-refractivity contribution < 1.29 is 23.2 Å². The molecular formula is C19H16F2N4O4S. The van der Waals surface area contributed by atoms with Crippen LogP contribution in [0.2, 0.25) is 0 Å². The molecule has 1 aliphatic rings. The van der Waals surface area contributed by atoms with Crippen LogP contribution in [0, 0.1) is 10.1 Å². The Hall–Kier alpha value is -3.60. The fourth-order valence-corrected chi connectivity index (χ4v) is 3.22. The first-order valence-corrected chi connectivity index (χ1v) is 9.04. The smallest absolute Gasteiger partial charge is 0.387 e. The largest absolute Gasteiger partial charge is 0.435 e. The molecule has 156 valence electrons. The average molecular weight is 434 g/mol. The van der Waals surface area contributed by atoms with Crippen molar-refractivity contribution in [2.75, 3.05) is 5.32 Å². The van der Waals surface area contributed by atoms with E-state index in [0.717, 1.165) is 0 Å². The van der Waals surface area contributed by atoms with Crippen molar-refractivity contribution in [3.63, 3.8) is 0 Å². The molecule has 0 saturated carbocycles. The molecule has 1 amide bonds. The Morgan fingerprint density at radius 3 is 2.40 bits per heavy atom.